The Kier molecular flexibility index (Phi) is 9.55. The predicted molar refractivity (Wildman–Crippen MR) is 84.9 cm³/mol. The predicted octanol–water partition coefficient (Wildman–Crippen LogP) is 3.31. The van der Waals surface area contributed by atoms with Gasteiger partial charge >= 0.3 is 0 Å². The fourth-order valence-electron chi connectivity index (χ4n) is 1.55. The average molecular weight is 348 g/mol. The zero-order valence-electron chi connectivity index (χ0n) is 11.6. The van der Waals surface area contributed by atoms with Crippen molar-refractivity contribution in [2.24, 2.45) is 0 Å². The van der Waals surface area contributed by atoms with E-state index in [4.69, 9.17) is 9.47 Å². The molecule has 0 radical (unpaired) electrons. The lowest BCUT2D eigenvalue weighted by atomic mass is 10.2. The molecule has 1 N–H and O–H groups in total. The second-order valence-corrected chi connectivity index (χ2v) is 6.14. The highest BCUT2D eigenvalue weighted by Gasteiger charge is 2.02. The Labute approximate surface area is 128 Å². The van der Waals surface area contributed by atoms with Crippen LogP contribution in [0.2, 0.25) is 0 Å². The summed E-state index contributed by atoms with van der Waals surface area (Å²) in [5, 5.41) is 3.34. The van der Waals surface area contributed by atoms with Crippen molar-refractivity contribution in [2.75, 3.05) is 39.7 Å². The van der Waals surface area contributed by atoms with Gasteiger partial charge in [0.2, 0.25) is 0 Å². The molecule has 0 saturated heterocycles. The van der Waals surface area contributed by atoms with Crippen molar-refractivity contribution in [3.05, 3.63) is 28.2 Å². The molecule has 108 valence electrons. The van der Waals surface area contributed by atoms with Gasteiger partial charge in [-0.05, 0) is 24.1 Å². The normalized spacial score (nSPS) is 10.9. The molecule has 0 saturated carbocycles. The molecule has 0 atom stereocenters. The van der Waals surface area contributed by atoms with E-state index in [2.05, 4.69) is 39.4 Å². The van der Waals surface area contributed by atoms with Crippen molar-refractivity contribution in [3.63, 3.8) is 0 Å². The third-order valence-electron chi connectivity index (χ3n) is 2.58. The minimum Gasteiger partial charge on any atom is -0.385 e. The summed E-state index contributed by atoms with van der Waals surface area (Å²) in [5.74, 6) is 1.09. The molecule has 0 unspecified atom stereocenters. The first-order valence-corrected chi connectivity index (χ1v) is 8.15. The van der Waals surface area contributed by atoms with Gasteiger partial charge in [-0.25, -0.2) is 0 Å². The van der Waals surface area contributed by atoms with Crippen molar-refractivity contribution in [3.8, 4) is 0 Å². The first-order valence-electron chi connectivity index (χ1n) is 6.37. The summed E-state index contributed by atoms with van der Waals surface area (Å²) in [6.45, 7) is 3.30. The van der Waals surface area contributed by atoms with Gasteiger partial charge < -0.3 is 14.8 Å². The molecule has 5 heteroatoms. The minimum absolute atomic E-state index is 0.741. The van der Waals surface area contributed by atoms with Gasteiger partial charge in [0.1, 0.15) is 0 Å². The topological polar surface area (TPSA) is 30.5 Å². The third-order valence-corrected chi connectivity index (χ3v) is 4.40. The van der Waals surface area contributed by atoms with Crippen molar-refractivity contribution >= 4 is 27.7 Å². The van der Waals surface area contributed by atoms with E-state index in [0.717, 1.165) is 42.9 Å². The number of rotatable bonds is 10. The van der Waals surface area contributed by atoms with Crippen LogP contribution in [0.3, 0.4) is 0 Å². The van der Waals surface area contributed by atoms with Crippen LogP contribution in [0.4, 0.5) is 0 Å². The van der Waals surface area contributed by atoms with Crippen LogP contribution < -0.4 is 5.32 Å². The maximum absolute atomic E-state index is 5.05. The molecular weight excluding hydrogens is 326 g/mol. The third kappa shape index (κ3) is 7.32. The van der Waals surface area contributed by atoms with Gasteiger partial charge in [0.25, 0.3) is 0 Å². The molecule has 1 aromatic carbocycles. The highest BCUT2D eigenvalue weighted by atomic mass is 79.9. The largest absolute Gasteiger partial charge is 0.385 e. The van der Waals surface area contributed by atoms with Crippen LogP contribution in [0.25, 0.3) is 0 Å². The SMILES string of the molecule is COCCCSc1ccc(CNCCOC)c(Br)c1. The van der Waals surface area contributed by atoms with Gasteiger partial charge in [-0.3, -0.25) is 0 Å². The molecule has 1 aromatic rings. The second kappa shape index (κ2) is 10.7. The Bertz CT molecular complexity index is 363. The number of methoxy groups -OCH3 is 2. The lowest BCUT2D eigenvalue weighted by Gasteiger charge is -2.08. The van der Waals surface area contributed by atoms with Gasteiger partial charge in [-0.1, -0.05) is 22.0 Å². The first-order chi connectivity index (χ1) is 9.27. The van der Waals surface area contributed by atoms with E-state index < -0.39 is 0 Å². The molecule has 0 fully saturated rings. The smallest absolute Gasteiger partial charge is 0.0587 e. The molecule has 0 bridgehead atoms. The van der Waals surface area contributed by atoms with E-state index in [0.29, 0.717) is 0 Å². The van der Waals surface area contributed by atoms with E-state index in [1.807, 2.05) is 11.8 Å². The second-order valence-electron chi connectivity index (χ2n) is 4.12. The van der Waals surface area contributed by atoms with E-state index in [-0.39, 0.29) is 0 Å². The Balaban J connectivity index is 2.36. The molecule has 0 heterocycles. The van der Waals surface area contributed by atoms with E-state index in [9.17, 15) is 0 Å². The lowest BCUT2D eigenvalue weighted by Crippen LogP contribution is -2.18. The van der Waals surface area contributed by atoms with Crippen LogP contribution in [0.1, 0.15) is 12.0 Å². The van der Waals surface area contributed by atoms with Crippen molar-refractivity contribution in [1.82, 2.24) is 5.32 Å². The maximum Gasteiger partial charge on any atom is 0.0587 e. The molecule has 0 amide bonds. The standard InChI is InChI=1S/C14H22BrNO2S/c1-17-7-3-9-19-13-5-4-12(14(15)10-13)11-16-6-8-18-2/h4-5,10,16H,3,6-9,11H2,1-2H3. The van der Waals surface area contributed by atoms with Gasteiger partial charge in [0, 0.05) is 49.0 Å². The summed E-state index contributed by atoms with van der Waals surface area (Å²) in [7, 11) is 3.46. The van der Waals surface area contributed by atoms with Gasteiger partial charge in [-0.2, -0.15) is 0 Å². The van der Waals surface area contributed by atoms with Gasteiger partial charge in [0.05, 0.1) is 6.61 Å². The first kappa shape index (κ1) is 17.0. The summed E-state index contributed by atoms with van der Waals surface area (Å²) in [4.78, 5) is 1.30. The monoisotopic (exact) mass is 347 g/mol. The van der Waals surface area contributed by atoms with Crippen molar-refractivity contribution in [1.29, 1.82) is 0 Å². The maximum atomic E-state index is 5.05. The molecule has 0 aliphatic rings. The molecule has 0 aromatic heterocycles. The summed E-state index contributed by atoms with van der Waals surface area (Å²) < 4.78 is 11.2. The summed E-state index contributed by atoms with van der Waals surface area (Å²) in [6, 6.07) is 6.53. The Morgan fingerprint density at radius 2 is 2.00 bits per heavy atom. The Morgan fingerprint density at radius 3 is 2.68 bits per heavy atom. The van der Waals surface area contributed by atoms with Crippen LogP contribution in [-0.4, -0.2) is 39.7 Å². The highest BCUT2D eigenvalue weighted by Crippen LogP contribution is 2.25. The Morgan fingerprint density at radius 1 is 1.21 bits per heavy atom. The minimum atomic E-state index is 0.741. The molecule has 19 heavy (non-hydrogen) atoms. The number of hydrogen-bond donors (Lipinski definition) is 1. The summed E-state index contributed by atoms with van der Waals surface area (Å²) >= 11 is 5.49. The van der Waals surface area contributed by atoms with Crippen LogP contribution in [0.5, 0.6) is 0 Å². The zero-order valence-corrected chi connectivity index (χ0v) is 14.0. The van der Waals surface area contributed by atoms with E-state index in [1.165, 1.54) is 10.5 Å². The average Bonchev–Trinajstić information content (AvgIpc) is 2.42. The van der Waals surface area contributed by atoms with Crippen LogP contribution in [0, 0.1) is 0 Å². The molecule has 0 aliphatic carbocycles. The van der Waals surface area contributed by atoms with E-state index >= 15 is 0 Å². The number of hydrogen-bond acceptors (Lipinski definition) is 4. The number of halogens is 1. The quantitative estimate of drug-likeness (QED) is 0.519. The number of ether oxygens (including phenoxy) is 2. The summed E-state index contributed by atoms with van der Waals surface area (Å²) in [5.41, 5.74) is 1.28. The van der Waals surface area contributed by atoms with Crippen LogP contribution >= 0.6 is 27.7 Å². The van der Waals surface area contributed by atoms with Crippen LogP contribution in [0.15, 0.2) is 27.6 Å². The lowest BCUT2D eigenvalue weighted by molar-refractivity contribution is 0.199. The zero-order chi connectivity index (χ0) is 13.9. The molecule has 1 rings (SSSR count). The molecule has 0 spiro atoms. The highest BCUT2D eigenvalue weighted by molar-refractivity contribution is 9.10. The summed E-state index contributed by atoms with van der Waals surface area (Å²) in [6.07, 6.45) is 1.08. The van der Waals surface area contributed by atoms with Crippen molar-refractivity contribution in [2.45, 2.75) is 17.9 Å². The molecular formula is C14H22BrNO2S. The van der Waals surface area contributed by atoms with Crippen LogP contribution in [-0.2, 0) is 16.0 Å². The fourth-order valence-corrected chi connectivity index (χ4v) is 3.09. The fraction of sp³-hybridized carbons (Fsp3) is 0.571. The number of nitrogens with one attached hydrogen (secondary N) is 1. The number of benzene rings is 1. The Hall–Kier alpha value is -0.0700. The van der Waals surface area contributed by atoms with Crippen molar-refractivity contribution < 1.29 is 9.47 Å². The molecule has 3 nitrogen and oxygen atoms in total. The van der Waals surface area contributed by atoms with Gasteiger partial charge in [0.15, 0.2) is 0 Å². The number of thioether (sulfide) groups is 1. The van der Waals surface area contributed by atoms with E-state index in [1.54, 1.807) is 14.2 Å². The van der Waals surface area contributed by atoms with Gasteiger partial charge in [-0.15, -0.1) is 11.8 Å². The molecule has 0 aliphatic heterocycles.